The molecule has 0 radical (unpaired) electrons. The van der Waals surface area contributed by atoms with E-state index in [9.17, 15) is 0 Å². The first-order valence-electron chi connectivity index (χ1n) is 3.31. The van der Waals surface area contributed by atoms with Gasteiger partial charge in [0.25, 0.3) is 0 Å². The predicted molar refractivity (Wildman–Crippen MR) is 41.4 cm³/mol. The van der Waals surface area contributed by atoms with Crippen molar-refractivity contribution in [1.29, 1.82) is 0 Å². The van der Waals surface area contributed by atoms with Gasteiger partial charge in [-0.1, -0.05) is 12.2 Å². The average Bonchev–Trinajstić information content (AvgIpc) is 1.85. The Morgan fingerprint density at radius 3 is 2.67 bits per heavy atom. The third-order valence-electron chi connectivity index (χ3n) is 1.16. The van der Waals surface area contributed by atoms with Gasteiger partial charge >= 0.3 is 0 Å². The second-order valence-electron chi connectivity index (χ2n) is 2.12. The number of hydrogen-bond donors (Lipinski definition) is 1. The van der Waals surface area contributed by atoms with Crippen molar-refractivity contribution in [3.63, 3.8) is 0 Å². The summed E-state index contributed by atoms with van der Waals surface area (Å²) in [6.07, 6.45) is 4.17. The first-order valence-corrected chi connectivity index (χ1v) is 3.31. The van der Waals surface area contributed by atoms with Gasteiger partial charge in [0.15, 0.2) is 0 Å². The van der Waals surface area contributed by atoms with E-state index in [1.807, 2.05) is 13.0 Å². The molecule has 9 heavy (non-hydrogen) atoms. The minimum absolute atomic E-state index is 0.744. The van der Waals surface area contributed by atoms with Crippen LogP contribution >= 0.6 is 0 Å². The van der Waals surface area contributed by atoms with E-state index in [4.69, 9.17) is 5.73 Å². The predicted octanol–water partition coefficient (Wildman–Crippen LogP) is 0.453. The van der Waals surface area contributed by atoms with Crippen molar-refractivity contribution in [2.75, 3.05) is 26.7 Å². The highest BCUT2D eigenvalue weighted by molar-refractivity contribution is 4.79. The summed E-state index contributed by atoms with van der Waals surface area (Å²) in [5, 5.41) is 0. The van der Waals surface area contributed by atoms with E-state index in [-0.39, 0.29) is 0 Å². The van der Waals surface area contributed by atoms with E-state index in [1.165, 1.54) is 0 Å². The van der Waals surface area contributed by atoms with Gasteiger partial charge in [-0.2, -0.15) is 0 Å². The van der Waals surface area contributed by atoms with E-state index in [1.54, 1.807) is 0 Å². The van der Waals surface area contributed by atoms with Crippen LogP contribution < -0.4 is 5.73 Å². The molecule has 0 heterocycles. The minimum atomic E-state index is 0.744. The number of nitrogens with two attached hydrogens (primary N) is 1. The average molecular weight is 128 g/mol. The largest absolute Gasteiger partial charge is 0.329 e. The molecule has 2 N–H and O–H groups in total. The lowest BCUT2D eigenvalue weighted by Crippen LogP contribution is -2.25. The summed E-state index contributed by atoms with van der Waals surface area (Å²) < 4.78 is 0. The fourth-order valence-corrected chi connectivity index (χ4v) is 0.597. The topological polar surface area (TPSA) is 29.3 Å². The molecule has 0 bridgehead atoms. The van der Waals surface area contributed by atoms with Crippen LogP contribution in [0.5, 0.6) is 0 Å². The van der Waals surface area contributed by atoms with Gasteiger partial charge in [0, 0.05) is 19.6 Å². The van der Waals surface area contributed by atoms with Crippen LogP contribution in [0.1, 0.15) is 6.92 Å². The van der Waals surface area contributed by atoms with E-state index in [2.05, 4.69) is 18.0 Å². The molecule has 0 unspecified atom stereocenters. The fraction of sp³-hybridized carbons (Fsp3) is 0.714. The zero-order valence-electron chi connectivity index (χ0n) is 6.30. The summed E-state index contributed by atoms with van der Waals surface area (Å²) in [6, 6.07) is 0. The molecular formula is C7H16N2. The lowest BCUT2D eigenvalue weighted by atomic mass is 10.4. The maximum atomic E-state index is 5.34. The van der Waals surface area contributed by atoms with Gasteiger partial charge in [-0.25, -0.2) is 0 Å². The van der Waals surface area contributed by atoms with Crippen molar-refractivity contribution in [3.8, 4) is 0 Å². The summed E-state index contributed by atoms with van der Waals surface area (Å²) in [4.78, 5) is 2.18. The lowest BCUT2D eigenvalue weighted by Gasteiger charge is -2.11. The highest BCUT2D eigenvalue weighted by Gasteiger charge is 1.89. The molecule has 0 aliphatic rings. The standard InChI is InChI=1S/C7H16N2/c1-3-4-6-9(2)7-5-8/h3-4H,5-8H2,1-2H3/b4-3+. The molecule has 0 aromatic rings. The molecule has 2 heteroatoms. The smallest absolute Gasteiger partial charge is 0.0160 e. The monoisotopic (exact) mass is 128 g/mol. The molecule has 0 aliphatic heterocycles. The van der Waals surface area contributed by atoms with Crippen molar-refractivity contribution < 1.29 is 0 Å². The van der Waals surface area contributed by atoms with Crippen molar-refractivity contribution in [3.05, 3.63) is 12.2 Å². The molecule has 0 rings (SSSR count). The van der Waals surface area contributed by atoms with Crippen LogP contribution in [-0.2, 0) is 0 Å². The van der Waals surface area contributed by atoms with Crippen molar-refractivity contribution in [1.82, 2.24) is 4.90 Å². The Hall–Kier alpha value is -0.340. The van der Waals surface area contributed by atoms with Crippen molar-refractivity contribution >= 4 is 0 Å². The molecule has 0 saturated carbocycles. The maximum Gasteiger partial charge on any atom is 0.0160 e. The van der Waals surface area contributed by atoms with E-state index >= 15 is 0 Å². The molecule has 0 aromatic heterocycles. The van der Waals surface area contributed by atoms with Crippen molar-refractivity contribution in [2.24, 2.45) is 5.73 Å². The van der Waals surface area contributed by atoms with E-state index < -0.39 is 0 Å². The van der Waals surface area contributed by atoms with Gasteiger partial charge in [0.05, 0.1) is 0 Å². The number of allylic oxidation sites excluding steroid dienone is 1. The molecule has 54 valence electrons. The second kappa shape index (κ2) is 5.79. The fourth-order valence-electron chi connectivity index (χ4n) is 0.597. The van der Waals surface area contributed by atoms with Gasteiger partial charge in [0.1, 0.15) is 0 Å². The third kappa shape index (κ3) is 5.53. The van der Waals surface area contributed by atoms with Crippen LogP contribution in [0.2, 0.25) is 0 Å². The quantitative estimate of drug-likeness (QED) is 0.557. The summed E-state index contributed by atoms with van der Waals surface area (Å²) in [5.41, 5.74) is 5.34. The summed E-state index contributed by atoms with van der Waals surface area (Å²) in [5.74, 6) is 0. The summed E-state index contributed by atoms with van der Waals surface area (Å²) in [7, 11) is 2.06. The molecule has 0 aliphatic carbocycles. The Labute approximate surface area is 57.3 Å². The molecule has 2 nitrogen and oxygen atoms in total. The van der Waals surface area contributed by atoms with Gasteiger partial charge in [-0.15, -0.1) is 0 Å². The van der Waals surface area contributed by atoms with E-state index in [0.717, 1.165) is 19.6 Å². The maximum absolute atomic E-state index is 5.34. The van der Waals surface area contributed by atoms with Crippen LogP contribution in [0, 0.1) is 0 Å². The van der Waals surface area contributed by atoms with Gasteiger partial charge in [0.2, 0.25) is 0 Å². The van der Waals surface area contributed by atoms with Gasteiger partial charge in [-0.05, 0) is 14.0 Å². The third-order valence-corrected chi connectivity index (χ3v) is 1.16. The second-order valence-corrected chi connectivity index (χ2v) is 2.12. The molecule has 0 fully saturated rings. The highest BCUT2D eigenvalue weighted by Crippen LogP contribution is 1.80. The van der Waals surface area contributed by atoms with Crippen LogP contribution in [0.15, 0.2) is 12.2 Å². The Kier molecular flexibility index (Phi) is 5.57. The number of likely N-dealkylation sites (N-methyl/N-ethyl adjacent to an activating group) is 1. The van der Waals surface area contributed by atoms with Crippen LogP contribution in [0.4, 0.5) is 0 Å². The number of rotatable bonds is 4. The van der Waals surface area contributed by atoms with Crippen LogP contribution in [0.25, 0.3) is 0 Å². The number of nitrogens with zero attached hydrogens (tertiary/aromatic N) is 1. The molecule has 0 aromatic carbocycles. The summed E-state index contributed by atoms with van der Waals surface area (Å²) >= 11 is 0. The minimum Gasteiger partial charge on any atom is -0.329 e. The molecule has 0 saturated heterocycles. The highest BCUT2D eigenvalue weighted by atomic mass is 15.1. The molecule has 0 spiro atoms. The van der Waals surface area contributed by atoms with Crippen LogP contribution in [-0.4, -0.2) is 31.6 Å². The molecule has 0 atom stereocenters. The normalized spacial score (nSPS) is 11.6. The zero-order valence-corrected chi connectivity index (χ0v) is 6.30. The Balaban J connectivity index is 3.15. The molecule has 0 amide bonds. The number of hydrogen-bond acceptors (Lipinski definition) is 2. The Morgan fingerprint density at radius 2 is 2.22 bits per heavy atom. The molecular weight excluding hydrogens is 112 g/mol. The van der Waals surface area contributed by atoms with Gasteiger partial charge in [-0.3, -0.25) is 0 Å². The summed E-state index contributed by atoms with van der Waals surface area (Å²) in [6.45, 7) is 4.75. The Bertz CT molecular complexity index is 79.0. The van der Waals surface area contributed by atoms with Gasteiger partial charge < -0.3 is 10.6 Å². The van der Waals surface area contributed by atoms with Crippen molar-refractivity contribution in [2.45, 2.75) is 6.92 Å². The zero-order chi connectivity index (χ0) is 7.11. The first kappa shape index (κ1) is 8.66. The lowest BCUT2D eigenvalue weighted by molar-refractivity contribution is 0.381. The van der Waals surface area contributed by atoms with Crippen LogP contribution in [0.3, 0.4) is 0 Å². The SMILES string of the molecule is C/C=C/CN(C)CCN. The van der Waals surface area contributed by atoms with E-state index in [0.29, 0.717) is 0 Å². The Morgan fingerprint density at radius 1 is 1.56 bits per heavy atom. The first-order chi connectivity index (χ1) is 4.31.